The minimum Gasteiger partial charge on any atom is -0.337 e. The minimum atomic E-state index is -3.18. The Bertz CT molecular complexity index is 1240. The highest BCUT2D eigenvalue weighted by Crippen LogP contribution is 2.37. The fraction of sp³-hybridized carbons (Fsp3) is 0.400. The summed E-state index contributed by atoms with van der Waals surface area (Å²) in [6.07, 6.45) is 0.360. The topological polar surface area (TPSA) is 104 Å². The first kappa shape index (κ1) is 23.9. The Labute approximate surface area is 199 Å². The number of likely N-dealkylation sites (N-methyl/N-ethyl adjacent to an activating group) is 1. The largest absolute Gasteiger partial charge is 0.337 e. The molecule has 8 nitrogen and oxygen atoms in total. The van der Waals surface area contributed by atoms with Gasteiger partial charge in [0.05, 0.1) is 11.5 Å². The molecule has 180 valence electrons. The summed E-state index contributed by atoms with van der Waals surface area (Å²) < 4.78 is 23.8. The molecule has 2 heterocycles. The van der Waals surface area contributed by atoms with Gasteiger partial charge in [0.15, 0.2) is 15.4 Å². The zero-order valence-corrected chi connectivity index (χ0v) is 20.4. The van der Waals surface area contributed by atoms with Gasteiger partial charge in [0, 0.05) is 12.6 Å². The Morgan fingerprint density at radius 2 is 1.79 bits per heavy atom. The lowest BCUT2D eigenvalue weighted by atomic mass is 9.81. The van der Waals surface area contributed by atoms with Gasteiger partial charge in [-0.2, -0.15) is 0 Å². The van der Waals surface area contributed by atoms with E-state index in [9.17, 15) is 22.8 Å². The first-order chi connectivity index (χ1) is 16.1. The van der Waals surface area contributed by atoms with Gasteiger partial charge in [-0.3, -0.25) is 14.5 Å². The number of carbonyl (C=O) groups excluding carboxylic acids is 3. The van der Waals surface area contributed by atoms with Crippen LogP contribution in [0.1, 0.15) is 35.6 Å². The second-order valence-corrected chi connectivity index (χ2v) is 11.2. The van der Waals surface area contributed by atoms with E-state index in [2.05, 4.69) is 5.32 Å². The number of urea groups is 1. The van der Waals surface area contributed by atoms with Crippen molar-refractivity contribution in [3.63, 3.8) is 0 Å². The Morgan fingerprint density at radius 3 is 2.38 bits per heavy atom. The van der Waals surface area contributed by atoms with Crippen LogP contribution in [0.3, 0.4) is 0 Å². The van der Waals surface area contributed by atoms with E-state index in [-0.39, 0.29) is 11.5 Å². The normalized spacial score (nSPS) is 23.7. The molecule has 0 saturated carbocycles. The molecule has 0 unspecified atom stereocenters. The maximum absolute atomic E-state index is 13.9. The average Bonchev–Trinajstić information content (AvgIpc) is 3.28. The van der Waals surface area contributed by atoms with Gasteiger partial charge in [-0.1, -0.05) is 48.5 Å². The van der Waals surface area contributed by atoms with Crippen LogP contribution in [0, 0.1) is 13.8 Å². The van der Waals surface area contributed by atoms with Crippen LogP contribution in [0.5, 0.6) is 0 Å². The van der Waals surface area contributed by atoms with Crippen molar-refractivity contribution in [1.82, 2.24) is 15.1 Å². The Morgan fingerprint density at radius 1 is 1.09 bits per heavy atom. The number of carbonyl (C=O) groups is 3. The highest BCUT2D eigenvalue weighted by atomic mass is 32.2. The first-order valence-electron chi connectivity index (χ1n) is 11.4. The van der Waals surface area contributed by atoms with Gasteiger partial charge < -0.3 is 10.2 Å². The number of imide groups is 1. The lowest BCUT2D eigenvalue weighted by Gasteiger charge is -2.30. The minimum absolute atomic E-state index is 0.0362. The molecule has 0 bridgehead atoms. The smallest absolute Gasteiger partial charge is 0.326 e. The van der Waals surface area contributed by atoms with Gasteiger partial charge in [0.1, 0.15) is 6.54 Å². The molecule has 2 aromatic carbocycles. The SMILES string of the molecule is CCN(C(=O)CN1C(=O)N[C@@](c2ccccc2)(c2ccc(C)c(C)c2)C1=O)[C@@H]1CCS(=O)(=O)C1. The molecule has 2 aromatic rings. The maximum Gasteiger partial charge on any atom is 0.326 e. The molecule has 0 aliphatic carbocycles. The fourth-order valence-corrected chi connectivity index (χ4v) is 6.56. The van der Waals surface area contributed by atoms with Crippen LogP contribution in [-0.4, -0.2) is 66.7 Å². The third kappa shape index (κ3) is 4.09. The molecule has 0 spiro atoms. The van der Waals surface area contributed by atoms with Gasteiger partial charge in [-0.15, -0.1) is 0 Å². The maximum atomic E-state index is 13.9. The summed E-state index contributed by atoms with van der Waals surface area (Å²) in [5.74, 6) is -1.04. The summed E-state index contributed by atoms with van der Waals surface area (Å²) in [7, 11) is -3.18. The quantitative estimate of drug-likeness (QED) is 0.634. The average molecular weight is 484 g/mol. The van der Waals surface area contributed by atoms with Crippen LogP contribution in [-0.2, 0) is 25.0 Å². The monoisotopic (exact) mass is 483 g/mol. The molecule has 0 radical (unpaired) electrons. The van der Waals surface area contributed by atoms with E-state index in [0.29, 0.717) is 24.1 Å². The summed E-state index contributed by atoms with van der Waals surface area (Å²) in [5.41, 5.74) is 1.79. The van der Waals surface area contributed by atoms with Crippen molar-refractivity contribution < 1.29 is 22.8 Å². The van der Waals surface area contributed by atoms with E-state index >= 15 is 0 Å². The van der Waals surface area contributed by atoms with E-state index in [1.807, 2.05) is 38.1 Å². The predicted octanol–water partition coefficient (Wildman–Crippen LogP) is 2.13. The van der Waals surface area contributed by atoms with Crippen molar-refractivity contribution in [2.45, 2.75) is 38.8 Å². The van der Waals surface area contributed by atoms with Gasteiger partial charge in [0.2, 0.25) is 5.91 Å². The van der Waals surface area contributed by atoms with Gasteiger partial charge in [0.25, 0.3) is 5.91 Å². The van der Waals surface area contributed by atoms with Gasteiger partial charge >= 0.3 is 6.03 Å². The molecule has 2 saturated heterocycles. The molecule has 9 heteroatoms. The van der Waals surface area contributed by atoms with Crippen molar-refractivity contribution in [3.05, 3.63) is 70.8 Å². The van der Waals surface area contributed by atoms with Crippen LogP contribution < -0.4 is 5.32 Å². The molecule has 4 amide bonds. The predicted molar refractivity (Wildman–Crippen MR) is 128 cm³/mol. The third-order valence-corrected chi connectivity index (χ3v) is 8.61. The molecular weight excluding hydrogens is 454 g/mol. The first-order valence-corrected chi connectivity index (χ1v) is 13.2. The van der Waals surface area contributed by atoms with Gasteiger partial charge in [-0.25, -0.2) is 13.2 Å². The lowest BCUT2D eigenvalue weighted by Crippen LogP contribution is -2.49. The summed E-state index contributed by atoms with van der Waals surface area (Å²) >= 11 is 0. The molecule has 34 heavy (non-hydrogen) atoms. The van der Waals surface area contributed by atoms with Crippen molar-refractivity contribution in [3.8, 4) is 0 Å². The summed E-state index contributed by atoms with van der Waals surface area (Å²) in [5, 5.41) is 2.86. The van der Waals surface area contributed by atoms with Crippen LogP contribution in [0.4, 0.5) is 4.79 Å². The lowest BCUT2D eigenvalue weighted by molar-refractivity contribution is -0.139. The fourth-order valence-electron chi connectivity index (χ4n) is 4.83. The molecule has 2 fully saturated rings. The molecule has 1 N–H and O–H groups in total. The number of hydrogen-bond acceptors (Lipinski definition) is 5. The molecular formula is C25H29N3O5S. The Hall–Kier alpha value is -3.20. The zero-order valence-electron chi connectivity index (χ0n) is 19.6. The van der Waals surface area contributed by atoms with E-state index in [4.69, 9.17) is 0 Å². The number of amides is 4. The van der Waals surface area contributed by atoms with Crippen molar-refractivity contribution >= 4 is 27.7 Å². The third-order valence-electron chi connectivity index (χ3n) is 6.86. The van der Waals surface area contributed by atoms with Crippen LogP contribution in [0.25, 0.3) is 0 Å². The van der Waals surface area contributed by atoms with Crippen molar-refractivity contribution in [2.75, 3.05) is 24.6 Å². The van der Waals surface area contributed by atoms with E-state index in [0.717, 1.165) is 16.0 Å². The second kappa shape index (κ2) is 8.87. The molecule has 4 rings (SSSR count). The van der Waals surface area contributed by atoms with Crippen LogP contribution in [0.2, 0.25) is 0 Å². The number of nitrogens with zero attached hydrogens (tertiary/aromatic N) is 2. The second-order valence-electron chi connectivity index (χ2n) is 8.97. The number of rotatable bonds is 6. The molecule has 0 aromatic heterocycles. The Kier molecular flexibility index (Phi) is 6.24. The number of aryl methyl sites for hydroxylation is 2. The number of benzene rings is 2. The van der Waals surface area contributed by atoms with E-state index < -0.39 is 45.8 Å². The zero-order chi connectivity index (χ0) is 24.7. The highest BCUT2D eigenvalue weighted by Gasteiger charge is 2.54. The number of nitrogens with one attached hydrogen (secondary N) is 1. The number of sulfone groups is 1. The van der Waals surface area contributed by atoms with Gasteiger partial charge in [-0.05, 0) is 49.4 Å². The Balaban J connectivity index is 1.68. The van der Waals surface area contributed by atoms with Crippen LogP contribution in [0.15, 0.2) is 48.5 Å². The van der Waals surface area contributed by atoms with Crippen LogP contribution >= 0.6 is 0 Å². The standard InChI is InChI=1S/C25H29N3O5S/c1-4-27(21-12-13-34(32,33)16-21)22(29)15-28-23(30)25(26-24(28)31,19-8-6-5-7-9-19)20-11-10-17(2)18(3)14-20/h5-11,14,21H,4,12-13,15-16H2,1-3H3,(H,26,31)/t21-,25+/m1/s1. The molecule has 2 atom stereocenters. The molecule has 2 aliphatic rings. The van der Waals surface area contributed by atoms with E-state index in [1.54, 1.807) is 31.2 Å². The summed E-state index contributed by atoms with van der Waals surface area (Å²) in [4.78, 5) is 42.5. The van der Waals surface area contributed by atoms with Crippen molar-refractivity contribution in [2.24, 2.45) is 0 Å². The summed E-state index contributed by atoms with van der Waals surface area (Å²) in [6.45, 7) is 5.52. The highest BCUT2D eigenvalue weighted by molar-refractivity contribution is 7.91. The van der Waals surface area contributed by atoms with Crippen molar-refractivity contribution in [1.29, 1.82) is 0 Å². The molecule has 2 aliphatic heterocycles. The number of hydrogen-bond donors (Lipinski definition) is 1. The van der Waals surface area contributed by atoms with E-state index in [1.165, 1.54) is 4.90 Å². The summed E-state index contributed by atoms with van der Waals surface area (Å²) in [6, 6.07) is 13.5.